The summed E-state index contributed by atoms with van der Waals surface area (Å²) in [5, 5.41) is 20.5. The third-order valence-corrected chi connectivity index (χ3v) is 2.03. The lowest BCUT2D eigenvalue weighted by atomic mass is 10.1. The van der Waals surface area contributed by atoms with Crippen LogP contribution in [-0.4, -0.2) is 24.8 Å². The molecule has 0 aromatic rings. The van der Waals surface area contributed by atoms with Gasteiger partial charge in [0.05, 0.1) is 12.0 Å². The van der Waals surface area contributed by atoms with Gasteiger partial charge in [0.2, 0.25) is 0 Å². The third kappa shape index (κ3) is 7.76. The lowest BCUT2D eigenvalue weighted by Gasteiger charge is -2.08. The molecule has 76 valence electrons. The van der Waals surface area contributed by atoms with Crippen molar-refractivity contribution in [2.45, 2.75) is 26.7 Å². The highest BCUT2D eigenvalue weighted by Gasteiger charge is 2.00. The van der Waals surface area contributed by atoms with E-state index < -0.39 is 0 Å². The molecular weight excluding hydrogens is 164 g/mol. The molecule has 13 heavy (non-hydrogen) atoms. The number of hydrogen-bond donors (Lipinski definition) is 2. The zero-order valence-electron chi connectivity index (χ0n) is 8.58. The Morgan fingerprint density at radius 3 is 2.69 bits per heavy atom. The van der Waals surface area contributed by atoms with Gasteiger partial charge in [0.15, 0.2) is 0 Å². The maximum Gasteiger partial charge on any atom is 0.0666 e. The minimum atomic E-state index is 0.0928. The van der Waals surface area contributed by atoms with Gasteiger partial charge in [0.1, 0.15) is 0 Å². The minimum absolute atomic E-state index is 0.0928. The van der Waals surface area contributed by atoms with Gasteiger partial charge < -0.3 is 10.4 Å². The summed E-state index contributed by atoms with van der Waals surface area (Å²) in [6.07, 6.45) is 2.12. The van der Waals surface area contributed by atoms with Gasteiger partial charge in [-0.1, -0.05) is 6.92 Å². The van der Waals surface area contributed by atoms with Gasteiger partial charge in [-0.25, -0.2) is 0 Å². The van der Waals surface area contributed by atoms with Crippen LogP contribution in [-0.2, 0) is 0 Å². The van der Waals surface area contributed by atoms with Crippen molar-refractivity contribution in [1.29, 1.82) is 5.26 Å². The summed E-state index contributed by atoms with van der Waals surface area (Å²) in [5.74, 6) is 0.491. The van der Waals surface area contributed by atoms with Crippen LogP contribution >= 0.6 is 0 Å². The molecule has 0 aliphatic rings. The maximum atomic E-state index is 8.75. The van der Waals surface area contributed by atoms with Gasteiger partial charge in [0.25, 0.3) is 0 Å². The molecule has 0 fully saturated rings. The average Bonchev–Trinajstić information content (AvgIpc) is 2.16. The first kappa shape index (κ1) is 12.4. The number of nitrogens with one attached hydrogen (secondary N) is 1. The molecule has 2 N–H and O–H groups in total. The average molecular weight is 184 g/mol. The molecule has 3 heteroatoms. The van der Waals surface area contributed by atoms with Crippen molar-refractivity contribution < 1.29 is 5.11 Å². The molecule has 0 aliphatic heterocycles. The molecule has 0 bridgehead atoms. The second-order valence-corrected chi connectivity index (χ2v) is 3.66. The van der Waals surface area contributed by atoms with Crippen LogP contribution in [0.15, 0.2) is 0 Å². The van der Waals surface area contributed by atoms with Gasteiger partial charge in [-0.05, 0) is 32.2 Å². The number of nitrogens with zero attached hydrogens (tertiary/aromatic N) is 1. The fraction of sp³-hybridized carbons (Fsp3) is 0.900. The van der Waals surface area contributed by atoms with Crippen LogP contribution in [0.5, 0.6) is 0 Å². The summed E-state index contributed by atoms with van der Waals surface area (Å²) in [5.41, 5.74) is 0. The molecule has 2 unspecified atom stereocenters. The SMILES string of the molecule is CC(C#N)CNCCCC(C)CO. The van der Waals surface area contributed by atoms with E-state index in [-0.39, 0.29) is 12.5 Å². The normalized spacial score (nSPS) is 14.9. The van der Waals surface area contributed by atoms with E-state index >= 15 is 0 Å². The Balaban J connectivity index is 3.13. The topological polar surface area (TPSA) is 56.0 Å². The minimum Gasteiger partial charge on any atom is -0.396 e. The Labute approximate surface area is 80.8 Å². The molecule has 0 rings (SSSR count). The van der Waals surface area contributed by atoms with Crippen LogP contribution in [0, 0.1) is 23.2 Å². The van der Waals surface area contributed by atoms with E-state index in [2.05, 4.69) is 11.4 Å². The lowest BCUT2D eigenvalue weighted by molar-refractivity contribution is 0.228. The van der Waals surface area contributed by atoms with Crippen molar-refractivity contribution in [3.05, 3.63) is 0 Å². The van der Waals surface area contributed by atoms with Gasteiger partial charge in [-0.15, -0.1) is 0 Å². The number of hydrogen-bond acceptors (Lipinski definition) is 3. The summed E-state index contributed by atoms with van der Waals surface area (Å²) >= 11 is 0. The van der Waals surface area contributed by atoms with E-state index in [1.165, 1.54) is 0 Å². The molecule has 0 amide bonds. The van der Waals surface area contributed by atoms with Crippen molar-refractivity contribution in [2.75, 3.05) is 19.7 Å². The number of aliphatic hydroxyl groups is 1. The van der Waals surface area contributed by atoms with Crippen molar-refractivity contribution in [2.24, 2.45) is 11.8 Å². The summed E-state index contributed by atoms with van der Waals surface area (Å²) in [6, 6.07) is 2.17. The molecule has 0 aromatic carbocycles. The molecule has 0 aromatic heterocycles. The van der Waals surface area contributed by atoms with Gasteiger partial charge in [-0.3, -0.25) is 0 Å². The maximum absolute atomic E-state index is 8.75. The number of aliphatic hydroxyl groups excluding tert-OH is 1. The monoisotopic (exact) mass is 184 g/mol. The van der Waals surface area contributed by atoms with Gasteiger partial charge in [0, 0.05) is 13.2 Å². The van der Waals surface area contributed by atoms with Crippen molar-refractivity contribution in [3.63, 3.8) is 0 Å². The Bertz CT molecular complexity index is 153. The first-order chi connectivity index (χ1) is 6.20. The van der Waals surface area contributed by atoms with E-state index in [1.807, 2.05) is 13.8 Å². The molecule has 2 atom stereocenters. The second kappa shape index (κ2) is 8.03. The van der Waals surface area contributed by atoms with E-state index in [9.17, 15) is 0 Å². The van der Waals surface area contributed by atoms with E-state index in [0.29, 0.717) is 5.92 Å². The van der Waals surface area contributed by atoms with Crippen LogP contribution in [0.3, 0.4) is 0 Å². The third-order valence-electron chi connectivity index (χ3n) is 2.03. The molecule has 0 aliphatic carbocycles. The van der Waals surface area contributed by atoms with E-state index in [1.54, 1.807) is 0 Å². The molecular formula is C10H20N2O. The molecule has 0 spiro atoms. The quantitative estimate of drug-likeness (QED) is 0.583. The van der Waals surface area contributed by atoms with Crippen LogP contribution in [0.25, 0.3) is 0 Å². The van der Waals surface area contributed by atoms with Crippen LogP contribution in [0.2, 0.25) is 0 Å². The first-order valence-electron chi connectivity index (χ1n) is 4.92. The smallest absolute Gasteiger partial charge is 0.0666 e. The molecule has 0 radical (unpaired) electrons. The highest BCUT2D eigenvalue weighted by molar-refractivity contribution is 4.79. The summed E-state index contributed by atoms with van der Waals surface area (Å²) in [7, 11) is 0. The summed E-state index contributed by atoms with van der Waals surface area (Å²) in [4.78, 5) is 0. The van der Waals surface area contributed by atoms with Crippen LogP contribution in [0.1, 0.15) is 26.7 Å². The van der Waals surface area contributed by atoms with Gasteiger partial charge in [-0.2, -0.15) is 5.26 Å². The zero-order valence-corrected chi connectivity index (χ0v) is 8.58. The van der Waals surface area contributed by atoms with Crippen molar-refractivity contribution in [1.82, 2.24) is 5.32 Å². The predicted octanol–water partition coefficient (Wildman–Crippen LogP) is 1.14. The Morgan fingerprint density at radius 2 is 2.15 bits per heavy atom. The molecule has 0 saturated carbocycles. The van der Waals surface area contributed by atoms with Gasteiger partial charge >= 0.3 is 0 Å². The van der Waals surface area contributed by atoms with Crippen LogP contribution in [0.4, 0.5) is 0 Å². The van der Waals surface area contributed by atoms with E-state index in [4.69, 9.17) is 10.4 Å². The summed E-state index contributed by atoms with van der Waals surface area (Å²) < 4.78 is 0. The highest BCUT2D eigenvalue weighted by Crippen LogP contribution is 2.02. The van der Waals surface area contributed by atoms with Crippen LogP contribution < -0.4 is 5.32 Å². The van der Waals surface area contributed by atoms with Crippen molar-refractivity contribution in [3.8, 4) is 6.07 Å². The number of rotatable bonds is 7. The first-order valence-corrected chi connectivity index (χ1v) is 4.92. The molecule has 0 heterocycles. The molecule has 3 nitrogen and oxygen atoms in total. The fourth-order valence-corrected chi connectivity index (χ4v) is 1.03. The zero-order chi connectivity index (χ0) is 10.1. The molecule has 0 saturated heterocycles. The largest absolute Gasteiger partial charge is 0.396 e. The second-order valence-electron chi connectivity index (χ2n) is 3.66. The standard InChI is InChI=1S/C10H20N2O/c1-9(8-13)4-3-5-12-7-10(2)6-11/h9-10,12-13H,3-5,7-8H2,1-2H3. The van der Waals surface area contributed by atoms with Crippen molar-refractivity contribution >= 4 is 0 Å². The fourth-order valence-electron chi connectivity index (χ4n) is 1.03. The predicted molar refractivity (Wildman–Crippen MR) is 53.1 cm³/mol. The Morgan fingerprint density at radius 1 is 1.46 bits per heavy atom. The highest BCUT2D eigenvalue weighted by atomic mass is 16.3. The Kier molecular flexibility index (Phi) is 7.66. The summed E-state index contributed by atoms with van der Waals surface area (Å²) in [6.45, 7) is 5.93. The number of nitriles is 1. The van der Waals surface area contributed by atoms with E-state index in [0.717, 1.165) is 25.9 Å². The lowest BCUT2D eigenvalue weighted by Crippen LogP contribution is -2.22. The Hall–Kier alpha value is -0.590.